The Morgan fingerprint density at radius 2 is 2.20 bits per heavy atom. The highest BCUT2D eigenvalue weighted by atomic mass is 35.5. The van der Waals surface area contributed by atoms with Gasteiger partial charge in [-0.25, -0.2) is 0 Å². The van der Waals surface area contributed by atoms with Gasteiger partial charge < -0.3 is 9.30 Å². The number of halogens is 1. The lowest BCUT2D eigenvalue weighted by Crippen LogP contribution is -2.19. The summed E-state index contributed by atoms with van der Waals surface area (Å²) in [7, 11) is 1.65. The van der Waals surface area contributed by atoms with Crippen molar-refractivity contribution in [2.24, 2.45) is 4.99 Å². The number of carbonyl (C=O) groups excluding carboxylic acids is 1. The van der Waals surface area contributed by atoms with E-state index < -0.39 is 0 Å². The zero-order chi connectivity index (χ0) is 18.0. The van der Waals surface area contributed by atoms with Gasteiger partial charge in [0, 0.05) is 30.9 Å². The van der Waals surface area contributed by atoms with Crippen LogP contribution in [0.3, 0.4) is 0 Å². The van der Waals surface area contributed by atoms with Crippen LogP contribution in [0.4, 0.5) is 0 Å². The summed E-state index contributed by atoms with van der Waals surface area (Å²) in [5.74, 6) is -0.358. The molecule has 8 heteroatoms. The van der Waals surface area contributed by atoms with Crippen LogP contribution in [0.5, 0.6) is 0 Å². The number of methoxy groups -OCH3 is 1. The molecule has 25 heavy (non-hydrogen) atoms. The molecule has 0 bridgehead atoms. The minimum atomic E-state index is -0.358. The summed E-state index contributed by atoms with van der Waals surface area (Å²) in [6.45, 7) is 5.14. The number of carbonyl (C=O) groups is 1. The van der Waals surface area contributed by atoms with Gasteiger partial charge in [-0.15, -0.1) is 0 Å². The Balaban J connectivity index is 2.05. The topological polar surface area (TPSA) is 61.4 Å². The van der Waals surface area contributed by atoms with Crippen molar-refractivity contribution in [1.29, 1.82) is 0 Å². The van der Waals surface area contributed by atoms with Crippen molar-refractivity contribution in [1.82, 2.24) is 14.3 Å². The smallest absolute Gasteiger partial charge is 0.300 e. The largest absolute Gasteiger partial charge is 0.383 e. The summed E-state index contributed by atoms with van der Waals surface area (Å²) >= 11 is 7.51. The molecule has 2 heterocycles. The van der Waals surface area contributed by atoms with Crippen molar-refractivity contribution in [3.05, 3.63) is 46.0 Å². The first-order valence-corrected chi connectivity index (χ1v) is 9.11. The number of nitrogens with zero attached hydrogens (tertiary/aromatic N) is 4. The van der Waals surface area contributed by atoms with E-state index in [9.17, 15) is 4.79 Å². The molecule has 3 rings (SSSR count). The Morgan fingerprint density at radius 3 is 2.88 bits per heavy atom. The first-order chi connectivity index (χ1) is 12.0. The maximum atomic E-state index is 12.5. The van der Waals surface area contributed by atoms with E-state index in [4.69, 9.17) is 16.3 Å². The zero-order valence-corrected chi connectivity index (χ0v) is 15.8. The molecule has 0 radical (unpaired) electrons. The fourth-order valence-electron chi connectivity index (χ4n) is 2.41. The molecule has 0 aliphatic carbocycles. The van der Waals surface area contributed by atoms with E-state index in [1.165, 1.54) is 11.3 Å². The fraction of sp³-hybridized carbons (Fsp3) is 0.353. The van der Waals surface area contributed by atoms with Crippen molar-refractivity contribution in [3.63, 3.8) is 0 Å². The minimum Gasteiger partial charge on any atom is -0.383 e. The number of rotatable bonds is 5. The second kappa shape index (κ2) is 7.51. The van der Waals surface area contributed by atoms with Gasteiger partial charge in [0.1, 0.15) is 0 Å². The quantitative estimate of drug-likeness (QED) is 0.682. The van der Waals surface area contributed by atoms with Gasteiger partial charge in [0.2, 0.25) is 0 Å². The molecule has 0 aliphatic heterocycles. The molecular formula is C17H19ClN4O2S. The molecule has 3 aromatic rings. The average Bonchev–Trinajstić information content (AvgIpc) is 3.17. The van der Waals surface area contributed by atoms with Gasteiger partial charge in [-0.3, -0.25) is 9.48 Å². The molecule has 0 atom stereocenters. The summed E-state index contributed by atoms with van der Waals surface area (Å²) in [6, 6.07) is 7.52. The zero-order valence-electron chi connectivity index (χ0n) is 14.3. The van der Waals surface area contributed by atoms with Gasteiger partial charge in [-0.1, -0.05) is 22.9 Å². The number of amides is 1. The SMILES string of the molecule is COCCn1c(=NC(=O)c2ccn(C(C)C)n2)sc2cc(Cl)ccc21. The van der Waals surface area contributed by atoms with E-state index in [1.54, 1.807) is 24.1 Å². The minimum absolute atomic E-state index is 0.194. The number of benzene rings is 1. The number of thiazole rings is 1. The maximum absolute atomic E-state index is 12.5. The molecule has 132 valence electrons. The van der Waals surface area contributed by atoms with Crippen molar-refractivity contribution < 1.29 is 9.53 Å². The molecule has 0 spiro atoms. The molecule has 6 nitrogen and oxygen atoms in total. The van der Waals surface area contributed by atoms with E-state index in [0.29, 0.717) is 28.7 Å². The van der Waals surface area contributed by atoms with Crippen molar-refractivity contribution in [2.75, 3.05) is 13.7 Å². The predicted octanol–water partition coefficient (Wildman–Crippen LogP) is 3.52. The lowest BCUT2D eigenvalue weighted by Gasteiger charge is -2.04. The first-order valence-electron chi connectivity index (χ1n) is 7.91. The van der Waals surface area contributed by atoms with E-state index in [1.807, 2.05) is 36.6 Å². The number of hydrogen-bond acceptors (Lipinski definition) is 4. The van der Waals surface area contributed by atoms with E-state index in [-0.39, 0.29) is 11.9 Å². The number of hydrogen-bond donors (Lipinski definition) is 0. The lowest BCUT2D eigenvalue weighted by atomic mass is 10.3. The predicted molar refractivity (Wildman–Crippen MR) is 99.2 cm³/mol. The Hall–Kier alpha value is -1.96. The van der Waals surface area contributed by atoms with Crippen LogP contribution in [0.1, 0.15) is 30.4 Å². The molecule has 0 aliphatic rings. The maximum Gasteiger partial charge on any atom is 0.300 e. The van der Waals surface area contributed by atoms with E-state index in [2.05, 4.69) is 10.1 Å². The third kappa shape index (κ3) is 3.84. The normalized spacial score (nSPS) is 12.4. The molecule has 0 saturated carbocycles. The summed E-state index contributed by atoms with van der Waals surface area (Å²) < 4.78 is 9.86. The van der Waals surface area contributed by atoms with Crippen LogP contribution in [0, 0.1) is 0 Å². The Bertz CT molecular complexity index is 971. The average molecular weight is 379 g/mol. The summed E-state index contributed by atoms with van der Waals surface area (Å²) in [6.07, 6.45) is 1.79. The second-order valence-electron chi connectivity index (χ2n) is 5.83. The summed E-state index contributed by atoms with van der Waals surface area (Å²) in [4.78, 5) is 17.4. The van der Waals surface area contributed by atoms with Gasteiger partial charge in [0.25, 0.3) is 5.91 Å². The van der Waals surface area contributed by atoms with Gasteiger partial charge >= 0.3 is 0 Å². The van der Waals surface area contributed by atoms with Crippen LogP contribution in [-0.4, -0.2) is 34.0 Å². The van der Waals surface area contributed by atoms with Crippen molar-refractivity contribution >= 4 is 39.1 Å². The van der Waals surface area contributed by atoms with Crippen LogP contribution in [0.25, 0.3) is 10.2 Å². The number of ether oxygens (including phenoxy) is 1. The molecule has 1 amide bonds. The number of fused-ring (bicyclic) bond motifs is 1. The Labute approximate surface area is 154 Å². The third-order valence-corrected chi connectivity index (χ3v) is 4.99. The standard InChI is InChI=1S/C17H19ClN4O2S/c1-11(2)22-7-6-13(20-22)16(23)19-17-21(8-9-24-3)14-5-4-12(18)10-15(14)25-17/h4-7,10-11H,8-9H2,1-3H3. The second-order valence-corrected chi connectivity index (χ2v) is 7.28. The Kier molecular flexibility index (Phi) is 5.36. The molecule has 0 saturated heterocycles. The summed E-state index contributed by atoms with van der Waals surface area (Å²) in [5.41, 5.74) is 1.31. The van der Waals surface area contributed by atoms with Crippen LogP contribution in [0.15, 0.2) is 35.5 Å². The highest BCUT2D eigenvalue weighted by molar-refractivity contribution is 7.16. The fourth-order valence-corrected chi connectivity index (χ4v) is 3.75. The third-order valence-electron chi connectivity index (χ3n) is 3.72. The van der Waals surface area contributed by atoms with Gasteiger partial charge in [-0.2, -0.15) is 10.1 Å². The first kappa shape index (κ1) is 17.8. The molecule has 0 fully saturated rings. The molecule has 0 unspecified atom stereocenters. The van der Waals surface area contributed by atoms with Gasteiger partial charge in [-0.05, 0) is 38.1 Å². The van der Waals surface area contributed by atoms with Crippen molar-refractivity contribution in [3.8, 4) is 0 Å². The highest BCUT2D eigenvalue weighted by Gasteiger charge is 2.12. The Morgan fingerprint density at radius 1 is 1.40 bits per heavy atom. The van der Waals surface area contributed by atoms with Crippen LogP contribution in [0.2, 0.25) is 5.02 Å². The van der Waals surface area contributed by atoms with Crippen molar-refractivity contribution in [2.45, 2.75) is 26.4 Å². The van der Waals surface area contributed by atoms with E-state index >= 15 is 0 Å². The van der Waals surface area contributed by atoms with Crippen LogP contribution >= 0.6 is 22.9 Å². The highest BCUT2D eigenvalue weighted by Crippen LogP contribution is 2.22. The summed E-state index contributed by atoms with van der Waals surface area (Å²) in [5, 5.41) is 4.94. The van der Waals surface area contributed by atoms with Gasteiger partial charge in [0.05, 0.1) is 16.8 Å². The number of aromatic nitrogens is 3. The van der Waals surface area contributed by atoms with E-state index in [0.717, 1.165) is 10.2 Å². The molecular weight excluding hydrogens is 360 g/mol. The molecule has 1 aromatic carbocycles. The van der Waals surface area contributed by atoms with Gasteiger partial charge in [0.15, 0.2) is 10.5 Å². The molecule has 0 N–H and O–H groups in total. The monoisotopic (exact) mass is 378 g/mol. The van der Waals surface area contributed by atoms with Crippen LogP contribution < -0.4 is 4.80 Å². The van der Waals surface area contributed by atoms with Crippen LogP contribution in [-0.2, 0) is 11.3 Å². The lowest BCUT2D eigenvalue weighted by molar-refractivity contribution is 0.0991. The molecule has 2 aromatic heterocycles.